The summed E-state index contributed by atoms with van der Waals surface area (Å²) in [7, 11) is 0. The van der Waals surface area contributed by atoms with Crippen LogP contribution in [0.3, 0.4) is 0 Å². The standard InChI is InChI=1S/C48H32N4O/c1-48(2)39-19-11-9-17-33(39)36-27-37-34-18-10-12-20-41(34)52(42(37)28-40(36)48)32-22-24-43-38(26-32)35-23-21-31(25-44(35)53-43)47-50-45(29-13-5-3-6-14-29)49-46(51-47)30-15-7-4-8-16-30/h3-28H,1-2H3/i3D,5D,6D,13D,14D. The summed E-state index contributed by atoms with van der Waals surface area (Å²) < 4.78 is 50.8. The summed E-state index contributed by atoms with van der Waals surface area (Å²) in [5.74, 6) is 0.576. The highest BCUT2D eigenvalue weighted by molar-refractivity contribution is 6.12. The average Bonchev–Trinajstić information content (AvgIpc) is 3.86. The first-order valence-electron chi connectivity index (χ1n) is 20.1. The fourth-order valence-electron chi connectivity index (χ4n) is 8.18. The summed E-state index contributed by atoms with van der Waals surface area (Å²) >= 11 is 0. The van der Waals surface area contributed by atoms with Crippen LogP contribution in [0.25, 0.3) is 94.7 Å². The highest BCUT2D eigenvalue weighted by Gasteiger charge is 2.36. The molecule has 250 valence electrons. The van der Waals surface area contributed by atoms with E-state index in [4.69, 9.17) is 21.2 Å². The van der Waals surface area contributed by atoms with Crippen LogP contribution in [-0.4, -0.2) is 19.5 Å². The Kier molecular flexibility index (Phi) is 5.26. The first kappa shape index (κ1) is 25.2. The molecule has 11 rings (SSSR count). The SMILES string of the molecule is [2H]c1c([2H])c([2H])c(-c2nc(-c3ccccc3)nc(-c3ccc4c(c3)oc3ccc(-n5c6ccccc6c6cc7c(cc65)C(C)(C)c5ccccc5-7)cc34)n2)c([2H])c1[2H]. The Balaban J connectivity index is 1.07. The van der Waals surface area contributed by atoms with Crippen molar-refractivity contribution < 1.29 is 11.3 Å². The molecule has 0 fully saturated rings. The Morgan fingerprint density at radius 1 is 0.509 bits per heavy atom. The molecule has 10 aromatic rings. The van der Waals surface area contributed by atoms with E-state index in [2.05, 4.69) is 96.2 Å². The van der Waals surface area contributed by atoms with Crippen LogP contribution in [0.4, 0.5) is 0 Å². The van der Waals surface area contributed by atoms with E-state index in [1.165, 1.54) is 33.0 Å². The van der Waals surface area contributed by atoms with Gasteiger partial charge in [-0.05, 0) is 70.8 Å². The maximum absolute atomic E-state index is 8.64. The number of furan rings is 1. The van der Waals surface area contributed by atoms with E-state index in [1.54, 1.807) is 0 Å². The van der Waals surface area contributed by atoms with Gasteiger partial charge < -0.3 is 8.98 Å². The quantitative estimate of drug-likeness (QED) is 0.185. The summed E-state index contributed by atoms with van der Waals surface area (Å²) in [5, 5.41) is 4.28. The second-order valence-electron chi connectivity index (χ2n) is 14.1. The van der Waals surface area contributed by atoms with Crippen molar-refractivity contribution in [1.29, 1.82) is 0 Å². The minimum atomic E-state index is -0.480. The third-order valence-electron chi connectivity index (χ3n) is 10.7. The number of hydrogen-bond acceptors (Lipinski definition) is 4. The lowest BCUT2D eigenvalue weighted by molar-refractivity contribution is 0.661. The van der Waals surface area contributed by atoms with E-state index in [0.29, 0.717) is 22.5 Å². The first-order valence-corrected chi connectivity index (χ1v) is 17.6. The summed E-state index contributed by atoms with van der Waals surface area (Å²) in [6.07, 6.45) is 0. The highest BCUT2D eigenvalue weighted by Crippen LogP contribution is 2.51. The maximum Gasteiger partial charge on any atom is 0.164 e. The van der Waals surface area contributed by atoms with Gasteiger partial charge in [0.15, 0.2) is 17.5 Å². The van der Waals surface area contributed by atoms with Crippen LogP contribution < -0.4 is 0 Å². The van der Waals surface area contributed by atoms with Gasteiger partial charge in [-0.25, -0.2) is 15.0 Å². The monoisotopic (exact) mass is 685 g/mol. The van der Waals surface area contributed by atoms with Crippen molar-refractivity contribution in [3.05, 3.63) is 169 Å². The Labute approximate surface area is 312 Å². The van der Waals surface area contributed by atoms with Gasteiger partial charge in [0.2, 0.25) is 0 Å². The molecule has 7 aromatic carbocycles. The molecule has 53 heavy (non-hydrogen) atoms. The molecule has 5 heteroatoms. The molecule has 0 unspecified atom stereocenters. The van der Waals surface area contributed by atoms with Crippen molar-refractivity contribution >= 4 is 43.7 Å². The molecule has 5 nitrogen and oxygen atoms in total. The summed E-state index contributed by atoms with van der Waals surface area (Å²) in [6.45, 7) is 4.62. The van der Waals surface area contributed by atoms with E-state index in [-0.39, 0.29) is 34.7 Å². The van der Waals surface area contributed by atoms with Crippen molar-refractivity contribution in [2.45, 2.75) is 19.3 Å². The Hall–Kier alpha value is -6.85. The van der Waals surface area contributed by atoms with Crippen molar-refractivity contribution in [2.75, 3.05) is 0 Å². The third kappa shape index (κ3) is 4.47. The molecule has 0 saturated heterocycles. The van der Waals surface area contributed by atoms with Gasteiger partial charge >= 0.3 is 0 Å². The van der Waals surface area contributed by atoms with E-state index >= 15 is 0 Å². The lowest BCUT2D eigenvalue weighted by atomic mass is 9.82. The molecule has 0 N–H and O–H groups in total. The molecule has 0 saturated carbocycles. The maximum atomic E-state index is 8.64. The van der Waals surface area contributed by atoms with E-state index in [1.807, 2.05) is 54.6 Å². The lowest BCUT2D eigenvalue weighted by Crippen LogP contribution is -2.14. The van der Waals surface area contributed by atoms with Gasteiger partial charge in [0.1, 0.15) is 11.2 Å². The zero-order valence-electron chi connectivity index (χ0n) is 33.8. The van der Waals surface area contributed by atoms with Crippen molar-refractivity contribution in [2.24, 2.45) is 0 Å². The molecule has 0 bridgehead atoms. The molecular weight excluding hydrogens is 649 g/mol. The molecule has 0 spiro atoms. The lowest BCUT2D eigenvalue weighted by Gasteiger charge is -2.21. The van der Waals surface area contributed by atoms with Crippen LogP contribution >= 0.6 is 0 Å². The molecule has 3 aromatic heterocycles. The van der Waals surface area contributed by atoms with Gasteiger partial charge in [0, 0.05) is 49.3 Å². The molecule has 1 aliphatic carbocycles. The van der Waals surface area contributed by atoms with Gasteiger partial charge in [-0.15, -0.1) is 0 Å². The topological polar surface area (TPSA) is 56.7 Å². The summed E-state index contributed by atoms with van der Waals surface area (Å²) in [4.78, 5) is 14.2. The zero-order valence-corrected chi connectivity index (χ0v) is 28.8. The van der Waals surface area contributed by atoms with Gasteiger partial charge in [0.05, 0.1) is 17.9 Å². The number of fused-ring (bicyclic) bond motifs is 9. The zero-order chi connectivity index (χ0) is 39.6. The van der Waals surface area contributed by atoms with Crippen LogP contribution in [0.2, 0.25) is 0 Å². The molecule has 1 aliphatic rings. The van der Waals surface area contributed by atoms with Gasteiger partial charge in [-0.1, -0.05) is 123 Å². The van der Waals surface area contributed by atoms with Crippen LogP contribution in [0.1, 0.15) is 31.8 Å². The molecule has 0 atom stereocenters. The van der Waals surface area contributed by atoms with Crippen molar-refractivity contribution in [3.8, 4) is 51.0 Å². The summed E-state index contributed by atoms with van der Waals surface area (Å²) in [6, 6.07) is 41.3. The predicted molar refractivity (Wildman–Crippen MR) is 215 cm³/mol. The smallest absolute Gasteiger partial charge is 0.164 e. The van der Waals surface area contributed by atoms with E-state index in [9.17, 15) is 0 Å². The molecule has 0 amide bonds. The fraction of sp³-hybridized carbons (Fsp3) is 0.0625. The number of benzene rings is 7. The normalized spacial score (nSPS) is 14.6. The van der Waals surface area contributed by atoms with Crippen LogP contribution in [0.5, 0.6) is 0 Å². The predicted octanol–water partition coefficient (Wildman–Crippen LogP) is 12.2. The molecular formula is C48H32N4O. The number of nitrogens with zero attached hydrogens (tertiary/aromatic N) is 4. The highest BCUT2D eigenvalue weighted by atomic mass is 16.3. The Morgan fingerprint density at radius 3 is 2.09 bits per heavy atom. The number of para-hydroxylation sites is 1. The van der Waals surface area contributed by atoms with Crippen molar-refractivity contribution in [3.63, 3.8) is 0 Å². The number of hydrogen-bond donors (Lipinski definition) is 0. The minimum absolute atomic E-state index is 0.0146. The van der Waals surface area contributed by atoms with Crippen LogP contribution in [0.15, 0.2) is 162 Å². The minimum Gasteiger partial charge on any atom is -0.456 e. The van der Waals surface area contributed by atoms with Gasteiger partial charge in [0.25, 0.3) is 0 Å². The number of aromatic nitrogens is 4. The molecule has 0 radical (unpaired) electrons. The average molecular weight is 686 g/mol. The fourth-order valence-corrected chi connectivity index (χ4v) is 8.18. The largest absolute Gasteiger partial charge is 0.456 e. The van der Waals surface area contributed by atoms with Crippen molar-refractivity contribution in [1.82, 2.24) is 19.5 Å². The number of rotatable bonds is 4. The Bertz CT molecular complexity index is 3360. The Morgan fingerprint density at radius 2 is 1.25 bits per heavy atom. The van der Waals surface area contributed by atoms with Crippen LogP contribution in [0, 0.1) is 0 Å². The second-order valence-corrected chi connectivity index (χ2v) is 14.1. The van der Waals surface area contributed by atoms with E-state index in [0.717, 1.165) is 33.1 Å². The third-order valence-corrected chi connectivity index (χ3v) is 10.7. The molecule has 0 aliphatic heterocycles. The van der Waals surface area contributed by atoms with Gasteiger partial charge in [-0.2, -0.15) is 0 Å². The van der Waals surface area contributed by atoms with Crippen LogP contribution in [-0.2, 0) is 5.41 Å². The first-order chi connectivity index (χ1) is 28.1. The summed E-state index contributed by atoms with van der Waals surface area (Å²) in [5.41, 5.74) is 11.0. The van der Waals surface area contributed by atoms with E-state index < -0.39 is 18.1 Å². The van der Waals surface area contributed by atoms with Gasteiger partial charge in [-0.3, -0.25) is 0 Å². The molecule has 3 heterocycles. The second kappa shape index (κ2) is 11.1.